The smallest absolute Gasteiger partial charge is 0.418 e. The second-order valence-corrected chi connectivity index (χ2v) is 4.56. The average molecular weight is 320 g/mol. The number of rotatable bonds is 2. The molecule has 0 saturated heterocycles. The molecule has 2 rings (SSSR count). The number of aromatic amines is 1. The molecule has 0 atom stereocenters. The Bertz CT molecular complexity index is 768. The summed E-state index contributed by atoms with van der Waals surface area (Å²) >= 11 is 5.63. The van der Waals surface area contributed by atoms with Crippen molar-refractivity contribution in [3.63, 3.8) is 0 Å². The lowest BCUT2D eigenvalue weighted by atomic mass is 10.1. The van der Waals surface area contributed by atoms with Crippen molar-refractivity contribution in [2.75, 3.05) is 6.61 Å². The van der Waals surface area contributed by atoms with E-state index in [0.29, 0.717) is 6.07 Å². The third kappa shape index (κ3) is 2.87. The molecule has 4 nitrogen and oxygen atoms in total. The summed E-state index contributed by atoms with van der Waals surface area (Å²) in [6, 6.07) is 1.79. The molecule has 0 bridgehead atoms. The molecule has 0 saturated carbocycles. The average Bonchev–Trinajstić information content (AvgIpc) is 2.38. The number of alkyl halides is 3. The molecule has 0 spiro atoms. The number of carbonyl (C=O) groups excluding carboxylic acids is 1. The van der Waals surface area contributed by atoms with Gasteiger partial charge in [0.05, 0.1) is 17.7 Å². The molecule has 1 aromatic heterocycles. The number of aromatic nitrogens is 1. The van der Waals surface area contributed by atoms with E-state index in [-0.39, 0.29) is 22.6 Å². The number of benzene rings is 1. The van der Waals surface area contributed by atoms with E-state index in [1.165, 1.54) is 0 Å². The third-order valence-electron chi connectivity index (χ3n) is 2.75. The van der Waals surface area contributed by atoms with Gasteiger partial charge in [-0.05, 0) is 19.1 Å². The summed E-state index contributed by atoms with van der Waals surface area (Å²) in [7, 11) is 0. The van der Waals surface area contributed by atoms with Crippen molar-refractivity contribution in [2.45, 2.75) is 13.1 Å². The van der Waals surface area contributed by atoms with E-state index < -0.39 is 28.7 Å². The zero-order valence-corrected chi connectivity index (χ0v) is 11.4. The van der Waals surface area contributed by atoms with Gasteiger partial charge in [-0.15, -0.1) is 0 Å². The molecule has 0 fully saturated rings. The molecule has 0 radical (unpaired) electrons. The van der Waals surface area contributed by atoms with Crippen LogP contribution in [0.5, 0.6) is 0 Å². The molecule has 1 aromatic carbocycles. The summed E-state index contributed by atoms with van der Waals surface area (Å²) in [5.41, 5.74) is -2.74. The molecule has 1 N–H and O–H groups in total. The molecule has 8 heteroatoms. The number of nitrogens with one attached hydrogen (secondary N) is 1. The summed E-state index contributed by atoms with van der Waals surface area (Å²) in [6.45, 7) is 1.59. The first-order chi connectivity index (χ1) is 9.75. The Hall–Kier alpha value is -2.02. The van der Waals surface area contributed by atoms with Gasteiger partial charge in [0.15, 0.2) is 0 Å². The fourth-order valence-electron chi connectivity index (χ4n) is 1.88. The summed E-state index contributed by atoms with van der Waals surface area (Å²) in [6.07, 6.45) is -3.77. The zero-order chi connectivity index (χ0) is 15.8. The quantitative estimate of drug-likeness (QED) is 0.863. The SMILES string of the molecule is CCOC(=O)c1c[nH]c2c(C(F)(F)F)cc(Cl)cc2c1=O. The highest BCUT2D eigenvalue weighted by Gasteiger charge is 2.34. The Labute approximate surface area is 121 Å². The van der Waals surface area contributed by atoms with Crippen LogP contribution in [0.4, 0.5) is 13.2 Å². The van der Waals surface area contributed by atoms with Gasteiger partial charge in [0.1, 0.15) is 5.56 Å². The summed E-state index contributed by atoms with van der Waals surface area (Å²) in [5.74, 6) is -0.908. The topological polar surface area (TPSA) is 59.2 Å². The molecular formula is C13H9ClF3NO3. The van der Waals surface area contributed by atoms with E-state index >= 15 is 0 Å². The molecule has 2 aromatic rings. The van der Waals surface area contributed by atoms with E-state index in [1.807, 2.05) is 0 Å². The fourth-order valence-corrected chi connectivity index (χ4v) is 2.10. The largest absolute Gasteiger partial charge is 0.462 e. The third-order valence-corrected chi connectivity index (χ3v) is 2.97. The Kier molecular flexibility index (Phi) is 3.95. The van der Waals surface area contributed by atoms with Crippen molar-refractivity contribution < 1.29 is 22.7 Å². The molecule has 0 aliphatic carbocycles. The van der Waals surface area contributed by atoms with E-state index in [1.54, 1.807) is 6.92 Å². The number of pyridine rings is 1. The first kappa shape index (κ1) is 15.4. The number of hydrogen-bond acceptors (Lipinski definition) is 3. The van der Waals surface area contributed by atoms with E-state index in [9.17, 15) is 22.8 Å². The molecule has 0 aliphatic rings. The summed E-state index contributed by atoms with van der Waals surface area (Å²) < 4.78 is 43.5. The van der Waals surface area contributed by atoms with Crippen LogP contribution in [0, 0.1) is 0 Å². The molecule has 0 aliphatic heterocycles. The van der Waals surface area contributed by atoms with Gasteiger partial charge in [0.2, 0.25) is 5.43 Å². The van der Waals surface area contributed by atoms with Crippen molar-refractivity contribution in [2.24, 2.45) is 0 Å². The molecular weight excluding hydrogens is 311 g/mol. The number of halogens is 4. The normalized spacial score (nSPS) is 11.7. The molecule has 112 valence electrons. The van der Waals surface area contributed by atoms with Crippen LogP contribution < -0.4 is 5.43 Å². The van der Waals surface area contributed by atoms with Crippen LogP contribution in [-0.2, 0) is 10.9 Å². The van der Waals surface area contributed by atoms with Crippen LogP contribution in [0.15, 0.2) is 23.1 Å². The Balaban J connectivity index is 2.78. The first-order valence-corrected chi connectivity index (χ1v) is 6.22. The first-order valence-electron chi connectivity index (χ1n) is 5.85. The van der Waals surface area contributed by atoms with Crippen LogP contribution in [0.2, 0.25) is 5.02 Å². The van der Waals surface area contributed by atoms with Crippen molar-refractivity contribution in [3.8, 4) is 0 Å². The van der Waals surface area contributed by atoms with Gasteiger partial charge in [-0.1, -0.05) is 11.6 Å². The summed E-state index contributed by atoms with van der Waals surface area (Å²) in [4.78, 5) is 26.0. The molecule has 21 heavy (non-hydrogen) atoms. The summed E-state index contributed by atoms with van der Waals surface area (Å²) in [5, 5.41) is -0.568. The Morgan fingerprint density at radius 1 is 1.38 bits per heavy atom. The number of ether oxygens (including phenoxy) is 1. The maximum absolute atomic E-state index is 12.9. The number of hydrogen-bond donors (Lipinski definition) is 1. The minimum absolute atomic E-state index is 0.0413. The van der Waals surface area contributed by atoms with Gasteiger partial charge in [-0.2, -0.15) is 13.2 Å². The highest BCUT2D eigenvalue weighted by Crippen LogP contribution is 2.35. The standard InChI is InChI=1S/C13H9ClF3NO3/c1-2-21-12(20)8-5-18-10-7(11(8)19)3-6(14)4-9(10)13(15,16)17/h3-5H,2H2,1H3,(H,18,19). The van der Waals surface area contributed by atoms with Gasteiger partial charge in [-0.3, -0.25) is 4.79 Å². The second-order valence-electron chi connectivity index (χ2n) is 4.13. The Morgan fingerprint density at radius 2 is 2.05 bits per heavy atom. The number of H-pyrrole nitrogens is 1. The molecule has 0 unspecified atom stereocenters. The molecule has 0 amide bonds. The van der Waals surface area contributed by atoms with E-state index in [0.717, 1.165) is 12.3 Å². The number of fused-ring (bicyclic) bond motifs is 1. The monoisotopic (exact) mass is 319 g/mol. The predicted molar refractivity (Wildman–Crippen MR) is 70.5 cm³/mol. The Morgan fingerprint density at radius 3 is 2.62 bits per heavy atom. The lowest BCUT2D eigenvalue weighted by Crippen LogP contribution is -2.19. The molecule has 1 heterocycles. The van der Waals surface area contributed by atoms with Crippen molar-refractivity contribution in [1.29, 1.82) is 0 Å². The van der Waals surface area contributed by atoms with Gasteiger partial charge in [0, 0.05) is 16.6 Å². The highest BCUT2D eigenvalue weighted by atomic mass is 35.5. The fraction of sp³-hybridized carbons (Fsp3) is 0.231. The van der Waals surface area contributed by atoms with Crippen LogP contribution in [0.25, 0.3) is 10.9 Å². The lowest BCUT2D eigenvalue weighted by Gasteiger charge is -2.11. The maximum Gasteiger partial charge on any atom is 0.418 e. The van der Waals surface area contributed by atoms with E-state index in [4.69, 9.17) is 11.6 Å². The highest BCUT2D eigenvalue weighted by molar-refractivity contribution is 6.31. The second kappa shape index (κ2) is 5.40. The van der Waals surface area contributed by atoms with Gasteiger partial charge >= 0.3 is 12.1 Å². The zero-order valence-electron chi connectivity index (χ0n) is 10.7. The minimum atomic E-state index is -4.68. The van der Waals surface area contributed by atoms with Crippen LogP contribution in [-0.4, -0.2) is 17.6 Å². The predicted octanol–water partition coefficient (Wildman–Crippen LogP) is 3.38. The van der Waals surface area contributed by atoms with Crippen molar-refractivity contribution >= 4 is 28.5 Å². The number of carbonyl (C=O) groups is 1. The lowest BCUT2D eigenvalue weighted by molar-refractivity contribution is -0.136. The van der Waals surface area contributed by atoms with Gasteiger partial charge in [-0.25, -0.2) is 4.79 Å². The van der Waals surface area contributed by atoms with Gasteiger partial charge in [0.25, 0.3) is 0 Å². The van der Waals surface area contributed by atoms with Crippen molar-refractivity contribution in [3.05, 3.63) is 44.7 Å². The van der Waals surface area contributed by atoms with Crippen LogP contribution in [0.1, 0.15) is 22.8 Å². The van der Waals surface area contributed by atoms with Gasteiger partial charge < -0.3 is 9.72 Å². The minimum Gasteiger partial charge on any atom is -0.462 e. The van der Waals surface area contributed by atoms with E-state index in [2.05, 4.69) is 9.72 Å². The van der Waals surface area contributed by atoms with Crippen LogP contribution >= 0.6 is 11.6 Å². The van der Waals surface area contributed by atoms with Crippen molar-refractivity contribution in [1.82, 2.24) is 4.98 Å². The van der Waals surface area contributed by atoms with Crippen LogP contribution in [0.3, 0.4) is 0 Å². The number of esters is 1. The maximum atomic E-state index is 12.9.